The van der Waals surface area contributed by atoms with Gasteiger partial charge in [-0.25, -0.2) is 8.42 Å². The lowest BCUT2D eigenvalue weighted by atomic mass is 10.8. The normalized spacial score (nSPS) is 14.4. The van der Waals surface area contributed by atoms with Crippen LogP contribution in [0.4, 0.5) is 0 Å². The predicted molar refractivity (Wildman–Crippen MR) is 35.7 cm³/mol. The van der Waals surface area contributed by atoms with Crippen LogP contribution in [0.5, 0.6) is 0 Å². The van der Waals surface area contributed by atoms with Gasteiger partial charge in [-0.15, -0.1) is 12.4 Å². The molecule has 0 rings (SSSR count). The van der Waals surface area contributed by atoms with Gasteiger partial charge >= 0.3 is 0 Å². The van der Waals surface area contributed by atoms with Crippen molar-refractivity contribution >= 4 is 22.2 Å². The maximum atomic E-state index is 10.2. The third kappa shape index (κ3) is 4.36. The first-order chi connectivity index (χ1) is 2.94. The van der Waals surface area contributed by atoms with E-state index in [1.165, 1.54) is 6.92 Å². The number of nitrogens with two attached hydrogens (primary N) is 1. The Labute approximate surface area is 55.6 Å². The van der Waals surface area contributed by atoms with E-state index in [1.54, 1.807) is 0 Å². The van der Waals surface area contributed by atoms with Crippen molar-refractivity contribution in [1.29, 1.82) is 0 Å². The van der Waals surface area contributed by atoms with Gasteiger partial charge in [0, 0.05) is 6.26 Å². The fourth-order valence-corrected chi connectivity index (χ4v) is 0. The van der Waals surface area contributed by atoms with Crippen LogP contribution in [0, 0.1) is 0 Å². The lowest BCUT2D eigenvalue weighted by Crippen LogP contribution is -2.25. The molecule has 8 heavy (non-hydrogen) atoms. The Morgan fingerprint density at radius 2 is 1.62 bits per heavy atom. The van der Waals surface area contributed by atoms with E-state index >= 15 is 0 Å². The summed E-state index contributed by atoms with van der Waals surface area (Å²) in [6.07, 6.45) is 1.11. The van der Waals surface area contributed by atoms with Gasteiger partial charge in [-0.1, -0.05) is 0 Å². The molecule has 0 aromatic carbocycles. The molecular formula is C3H10ClNO2S. The predicted octanol–water partition coefficient (Wildman–Crippen LogP) is -0.242. The second-order valence-corrected chi connectivity index (χ2v) is 3.94. The fraction of sp³-hybridized carbons (Fsp3) is 1.00. The van der Waals surface area contributed by atoms with E-state index in [4.69, 9.17) is 5.73 Å². The second-order valence-electron chi connectivity index (χ2n) is 1.53. The van der Waals surface area contributed by atoms with Gasteiger partial charge in [0.15, 0.2) is 9.84 Å². The summed E-state index contributed by atoms with van der Waals surface area (Å²) in [4.78, 5) is 0. The average molecular weight is 160 g/mol. The molecule has 3 nitrogen and oxygen atoms in total. The first kappa shape index (κ1) is 11.1. The Balaban J connectivity index is 0. The van der Waals surface area contributed by atoms with Gasteiger partial charge < -0.3 is 5.73 Å². The number of hydrogen-bond donors (Lipinski definition) is 1. The van der Waals surface area contributed by atoms with Gasteiger partial charge in [0.25, 0.3) is 0 Å². The van der Waals surface area contributed by atoms with E-state index in [0.717, 1.165) is 6.26 Å². The highest BCUT2D eigenvalue weighted by Gasteiger charge is 2.06. The zero-order chi connectivity index (χ0) is 6.08. The molecule has 0 aromatic heterocycles. The van der Waals surface area contributed by atoms with Crippen LogP contribution in [0.3, 0.4) is 0 Å². The van der Waals surface area contributed by atoms with Crippen LogP contribution in [0.25, 0.3) is 0 Å². The molecule has 0 saturated heterocycles. The third-order valence-electron chi connectivity index (χ3n) is 0.675. The number of halogens is 1. The molecule has 2 N–H and O–H groups in total. The summed E-state index contributed by atoms with van der Waals surface area (Å²) >= 11 is 0. The summed E-state index contributed by atoms with van der Waals surface area (Å²) in [5.41, 5.74) is 4.98. The van der Waals surface area contributed by atoms with Crippen molar-refractivity contribution in [3.63, 3.8) is 0 Å². The largest absolute Gasteiger partial charge is 0.315 e. The van der Waals surface area contributed by atoms with Gasteiger partial charge in [-0.05, 0) is 6.92 Å². The van der Waals surface area contributed by atoms with Crippen molar-refractivity contribution in [2.75, 3.05) is 6.26 Å². The molecule has 0 radical (unpaired) electrons. The van der Waals surface area contributed by atoms with Gasteiger partial charge in [0.1, 0.15) is 5.37 Å². The maximum Gasteiger partial charge on any atom is 0.162 e. The van der Waals surface area contributed by atoms with Gasteiger partial charge in [0.2, 0.25) is 0 Å². The number of rotatable bonds is 1. The molecule has 52 valence electrons. The molecule has 1 atom stereocenters. The van der Waals surface area contributed by atoms with Crippen molar-refractivity contribution < 1.29 is 8.42 Å². The molecule has 0 aliphatic carbocycles. The molecule has 0 saturated carbocycles. The van der Waals surface area contributed by atoms with Gasteiger partial charge in [-0.2, -0.15) is 0 Å². The highest BCUT2D eigenvalue weighted by atomic mass is 35.5. The van der Waals surface area contributed by atoms with Crippen LogP contribution in [0.1, 0.15) is 6.92 Å². The zero-order valence-corrected chi connectivity index (χ0v) is 6.42. The SMILES string of the molecule is CC(N)S(C)(=O)=O.Cl. The summed E-state index contributed by atoms with van der Waals surface area (Å²) in [5, 5.41) is -0.729. The highest BCUT2D eigenvalue weighted by Crippen LogP contribution is 1.85. The summed E-state index contributed by atoms with van der Waals surface area (Å²) in [6, 6.07) is 0. The van der Waals surface area contributed by atoms with E-state index < -0.39 is 15.2 Å². The Bertz CT molecular complexity index is 139. The molecule has 0 aromatic rings. The maximum absolute atomic E-state index is 10.2. The number of sulfone groups is 1. The van der Waals surface area contributed by atoms with Crippen molar-refractivity contribution in [2.45, 2.75) is 12.3 Å². The van der Waals surface area contributed by atoms with Crippen LogP contribution >= 0.6 is 12.4 Å². The van der Waals surface area contributed by atoms with Gasteiger partial charge in [-0.3, -0.25) is 0 Å². The van der Waals surface area contributed by atoms with Crippen LogP contribution in [0.2, 0.25) is 0 Å². The summed E-state index contributed by atoms with van der Waals surface area (Å²) < 4.78 is 20.4. The average Bonchev–Trinajstić information content (AvgIpc) is 1.31. The minimum absolute atomic E-state index is 0. The molecule has 0 bridgehead atoms. The lowest BCUT2D eigenvalue weighted by molar-refractivity contribution is 0.591. The van der Waals surface area contributed by atoms with E-state index in [0.29, 0.717) is 0 Å². The van der Waals surface area contributed by atoms with Crippen molar-refractivity contribution in [2.24, 2.45) is 5.73 Å². The van der Waals surface area contributed by atoms with Crippen molar-refractivity contribution in [3.05, 3.63) is 0 Å². The molecule has 0 amide bonds. The minimum atomic E-state index is -2.96. The Morgan fingerprint density at radius 1 is 1.50 bits per heavy atom. The smallest absolute Gasteiger partial charge is 0.162 e. The third-order valence-corrected chi connectivity index (χ3v) is 2.03. The Morgan fingerprint density at radius 3 is 1.62 bits per heavy atom. The first-order valence-corrected chi connectivity index (χ1v) is 3.84. The standard InChI is InChI=1S/C3H9NO2S.ClH/c1-3(4)7(2,5)6;/h3H,4H2,1-2H3;1H. The molecule has 0 spiro atoms. The van der Waals surface area contributed by atoms with E-state index in [9.17, 15) is 8.42 Å². The first-order valence-electron chi connectivity index (χ1n) is 1.89. The van der Waals surface area contributed by atoms with E-state index in [1.807, 2.05) is 0 Å². The molecule has 0 aliphatic heterocycles. The van der Waals surface area contributed by atoms with Crippen LogP contribution < -0.4 is 5.73 Å². The molecule has 0 fully saturated rings. The molecule has 0 heterocycles. The van der Waals surface area contributed by atoms with Gasteiger partial charge in [0.05, 0.1) is 0 Å². The number of hydrogen-bond acceptors (Lipinski definition) is 3. The molecule has 1 unspecified atom stereocenters. The fourth-order valence-electron chi connectivity index (χ4n) is 0. The quantitative estimate of drug-likeness (QED) is 0.575. The molecule has 0 aliphatic rings. The molecule has 5 heteroatoms. The molecular weight excluding hydrogens is 150 g/mol. The zero-order valence-electron chi connectivity index (χ0n) is 4.79. The summed E-state index contributed by atoms with van der Waals surface area (Å²) in [5.74, 6) is 0. The monoisotopic (exact) mass is 159 g/mol. The lowest BCUT2D eigenvalue weighted by Gasteiger charge is -1.97. The van der Waals surface area contributed by atoms with E-state index in [-0.39, 0.29) is 12.4 Å². The Kier molecular flexibility index (Phi) is 4.52. The van der Waals surface area contributed by atoms with E-state index in [2.05, 4.69) is 0 Å². The highest BCUT2D eigenvalue weighted by molar-refractivity contribution is 7.91. The summed E-state index contributed by atoms with van der Waals surface area (Å²) in [6.45, 7) is 1.44. The summed E-state index contributed by atoms with van der Waals surface area (Å²) in [7, 11) is -2.96. The van der Waals surface area contributed by atoms with Crippen LogP contribution in [0.15, 0.2) is 0 Å². The Hall–Kier alpha value is 0.200. The van der Waals surface area contributed by atoms with Crippen molar-refractivity contribution in [3.8, 4) is 0 Å². The van der Waals surface area contributed by atoms with Crippen molar-refractivity contribution in [1.82, 2.24) is 0 Å². The minimum Gasteiger partial charge on any atom is -0.315 e. The second kappa shape index (κ2) is 3.27. The van der Waals surface area contributed by atoms with Crippen LogP contribution in [-0.2, 0) is 9.84 Å². The topological polar surface area (TPSA) is 60.2 Å². The van der Waals surface area contributed by atoms with Crippen LogP contribution in [-0.4, -0.2) is 20.0 Å².